The van der Waals surface area contributed by atoms with E-state index in [1.165, 1.54) is 0 Å². The van der Waals surface area contributed by atoms with E-state index in [9.17, 15) is 9.59 Å². The predicted molar refractivity (Wildman–Crippen MR) is 74.3 cm³/mol. The van der Waals surface area contributed by atoms with Crippen LogP contribution in [0.15, 0.2) is 24.3 Å². The third-order valence-electron chi connectivity index (χ3n) is 3.05. The molecule has 0 aliphatic carbocycles. The number of rotatable bonds is 6. The molecule has 5 nitrogen and oxygen atoms in total. The van der Waals surface area contributed by atoms with Gasteiger partial charge in [0, 0.05) is 5.69 Å². The van der Waals surface area contributed by atoms with Gasteiger partial charge in [0.25, 0.3) is 0 Å². The third-order valence-corrected chi connectivity index (χ3v) is 3.05. The molecule has 0 aromatic heterocycles. The molecular weight excluding hydrogens is 244 g/mol. The topological polar surface area (TPSA) is 78.4 Å². The second-order valence-corrected chi connectivity index (χ2v) is 4.62. The molecule has 5 heteroatoms. The van der Waals surface area contributed by atoms with Crippen LogP contribution >= 0.6 is 0 Å². The maximum absolute atomic E-state index is 11.7. The Labute approximate surface area is 113 Å². The van der Waals surface area contributed by atoms with Crippen LogP contribution < -0.4 is 10.6 Å². The Morgan fingerprint density at radius 2 is 1.79 bits per heavy atom. The van der Waals surface area contributed by atoms with E-state index >= 15 is 0 Å². The zero-order valence-corrected chi connectivity index (χ0v) is 11.4. The summed E-state index contributed by atoms with van der Waals surface area (Å²) >= 11 is 0. The second-order valence-electron chi connectivity index (χ2n) is 4.62. The summed E-state index contributed by atoms with van der Waals surface area (Å²) < 4.78 is 0. The van der Waals surface area contributed by atoms with Gasteiger partial charge < -0.3 is 15.7 Å². The number of hydrogen-bond donors (Lipinski definition) is 3. The molecular formula is C14H20N2O3. The molecule has 0 spiro atoms. The van der Waals surface area contributed by atoms with E-state index < -0.39 is 5.97 Å². The standard InChI is InChI=1S/C14H20N2O3/c1-9(8-13(17)18)11-4-6-12(7-5-11)16-14(19)10(2)15-3/h4-7,9-10,15H,8H2,1-3H3,(H,16,19)(H,17,18). The minimum Gasteiger partial charge on any atom is -0.481 e. The van der Waals surface area contributed by atoms with Gasteiger partial charge in [-0.2, -0.15) is 0 Å². The van der Waals surface area contributed by atoms with Crippen molar-refractivity contribution in [2.24, 2.45) is 0 Å². The first-order chi connectivity index (χ1) is 8.93. The van der Waals surface area contributed by atoms with E-state index in [2.05, 4.69) is 10.6 Å². The summed E-state index contributed by atoms with van der Waals surface area (Å²) in [6.07, 6.45) is 0.0997. The third kappa shape index (κ3) is 4.71. The summed E-state index contributed by atoms with van der Waals surface area (Å²) in [6, 6.07) is 6.99. The summed E-state index contributed by atoms with van der Waals surface area (Å²) in [4.78, 5) is 22.3. The number of hydrogen-bond acceptors (Lipinski definition) is 3. The van der Waals surface area contributed by atoms with Crippen molar-refractivity contribution in [1.82, 2.24) is 5.32 Å². The fraction of sp³-hybridized carbons (Fsp3) is 0.429. The predicted octanol–water partition coefficient (Wildman–Crippen LogP) is 1.81. The highest BCUT2D eigenvalue weighted by atomic mass is 16.4. The lowest BCUT2D eigenvalue weighted by Gasteiger charge is -2.13. The second kappa shape index (κ2) is 6.89. The number of carbonyl (C=O) groups is 2. The lowest BCUT2D eigenvalue weighted by Crippen LogP contribution is -2.35. The van der Waals surface area contributed by atoms with Crippen LogP contribution in [0.25, 0.3) is 0 Å². The number of carboxylic acid groups (broad SMARTS) is 1. The van der Waals surface area contributed by atoms with Crippen molar-refractivity contribution < 1.29 is 14.7 Å². The summed E-state index contributed by atoms with van der Waals surface area (Å²) in [6.45, 7) is 3.64. The van der Waals surface area contributed by atoms with Crippen LogP contribution in [0.5, 0.6) is 0 Å². The smallest absolute Gasteiger partial charge is 0.303 e. The zero-order valence-electron chi connectivity index (χ0n) is 11.4. The number of benzene rings is 1. The van der Waals surface area contributed by atoms with E-state index in [0.29, 0.717) is 5.69 Å². The van der Waals surface area contributed by atoms with Crippen LogP contribution in [0.2, 0.25) is 0 Å². The van der Waals surface area contributed by atoms with Crippen LogP contribution in [0.4, 0.5) is 5.69 Å². The number of carboxylic acids is 1. The van der Waals surface area contributed by atoms with Crippen LogP contribution in [0.1, 0.15) is 31.7 Å². The molecule has 0 saturated heterocycles. The van der Waals surface area contributed by atoms with Crippen LogP contribution in [0.3, 0.4) is 0 Å². The summed E-state index contributed by atoms with van der Waals surface area (Å²) in [5.74, 6) is -0.958. The van der Waals surface area contributed by atoms with Crippen molar-refractivity contribution in [2.75, 3.05) is 12.4 Å². The van der Waals surface area contributed by atoms with Crippen molar-refractivity contribution in [3.63, 3.8) is 0 Å². The first kappa shape index (κ1) is 15.2. The minimum absolute atomic E-state index is 0.0431. The maximum atomic E-state index is 11.7. The van der Waals surface area contributed by atoms with E-state index in [1.807, 2.05) is 19.1 Å². The van der Waals surface area contributed by atoms with E-state index in [4.69, 9.17) is 5.11 Å². The Bertz CT molecular complexity index is 443. The van der Waals surface area contributed by atoms with Gasteiger partial charge in [0.1, 0.15) is 0 Å². The van der Waals surface area contributed by atoms with Gasteiger partial charge in [-0.1, -0.05) is 19.1 Å². The molecule has 0 heterocycles. The van der Waals surface area contributed by atoms with Gasteiger partial charge in [0.05, 0.1) is 12.5 Å². The molecule has 0 aliphatic heterocycles. The monoisotopic (exact) mass is 264 g/mol. The van der Waals surface area contributed by atoms with E-state index in [0.717, 1.165) is 5.56 Å². The van der Waals surface area contributed by atoms with Crippen molar-refractivity contribution in [1.29, 1.82) is 0 Å². The molecule has 3 N–H and O–H groups in total. The lowest BCUT2D eigenvalue weighted by molar-refractivity contribution is -0.137. The summed E-state index contributed by atoms with van der Waals surface area (Å²) in [5, 5.41) is 14.4. The van der Waals surface area contributed by atoms with Crippen molar-refractivity contribution in [2.45, 2.75) is 32.2 Å². The molecule has 0 radical (unpaired) electrons. The van der Waals surface area contributed by atoms with E-state index in [1.54, 1.807) is 26.1 Å². The molecule has 1 aromatic rings. The van der Waals surface area contributed by atoms with Crippen molar-refractivity contribution in [3.8, 4) is 0 Å². The quantitative estimate of drug-likeness (QED) is 0.732. The number of likely N-dealkylation sites (N-methyl/N-ethyl adjacent to an activating group) is 1. The van der Waals surface area contributed by atoms with Gasteiger partial charge in [0.15, 0.2) is 0 Å². The SMILES string of the molecule is CNC(C)C(=O)Nc1ccc(C(C)CC(=O)O)cc1. The molecule has 2 atom stereocenters. The molecule has 0 aliphatic rings. The lowest BCUT2D eigenvalue weighted by atomic mass is 9.98. The van der Waals surface area contributed by atoms with Crippen molar-refractivity contribution >= 4 is 17.6 Å². The fourth-order valence-electron chi connectivity index (χ4n) is 1.66. The highest BCUT2D eigenvalue weighted by Crippen LogP contribution is 2.20. The number of anilines is 1. The van der Waals surface area contributed by atoms with Crippen LogP contribution in [-0.4, -0.2) is 30.1 Å². The van der Waals surface area contributed by atoms with Crippen molar-refractivity contribution in [3.05, 3.63) is 29.8 Å². The Kier molecular flexibility index (Phi) is 5.51. The molecule has 0 fully saturated rings. The fourth-order valence-corrected chi connectivity index (χ4v) is 1.66. The first-order valence-electron chi connectivity index (χ1n) is 6.24. The minimum atomic E-state index is -0.812. The average Bonchev–Trinajstić information content (AvgIpc) is 2.37. The van der Waals surface area contributed by atoms with Gasteiger partial charge in [-0.25, -0.2) is 0 Å². The molecule has 0 saturated carbocycles. The molecule has 0 bridgehead atoms. The van der Waals surface area contributed by atoms with Gasteiger partial charge >= 0.3 is 5.97 Å². The maximum Gasteiger partial charge on any atom is 0.303 e. The average molecular weight is 264 g/mol. The molecule has 1 aromatic carbocycles. The number of aliphatic carboxylic acids is 1. The number of nitrogens with one attached hydrogen (secondary N) is 2. The normalized spacial score (nSPS) is 13.6. The highest BCUT2D eigenvalue weighted by molar-refractivity contribution is 5.94. The highest BCUT2D eigenvalue weighted by Gasteiger charge is 2.12. The molecule has 104 valence electrons. The number of carbonyl (C=O) groups excluding carboxylic acids is 1. The summed E-state index contributed by atoms with van der Waals surface area (Å²) in [7, 11) is 1.72. The Morgan fingerprint density at radius 3 is 2.26 bits per heavy atom. The Balaban J connectivity index is 2.66. The van der Waals surface area contributed by atoms with Gasteiger partial charge in [-0.15, -0.1) is 0 Å². The molecule has 1 amide bonds. The molecule has 1 rings (SSSR count). The van der Waals surface area contributed by atoms with Gasteiger partial charge in [0.2, 0.25) is 5.91 Å². The zero-order chi connectivity index (χ0) is 14.4. The Morgan fingerprint density at radius 1 is 1.21 bits per heavy atom. The molecule has 19 heavy (non-hydrogen) atoms. The van der Waals surface area contributed by atoms with Gasteiger partial charge in [-0.3, -0.25) is 9.59 Å². The largest absolute Gasteiger partial charge is 0.481 e. The summed E-state index contributed by atoms with van der Waals surface area (Å²) in [5.41, 5.74) is 1.65. The first-order valence-corrected chi connectivity index (χ1v) is 6.24. The van der Waals surface area contributed by atoms with Crippen LogP contribution in [-0.2, 0) is 9.59 Å². The molecule has 2 unspecified atom stereocenters. The van der Waals surface area contributed by atoms with Gasteiger partial charge in [-0.05, 0) is 37.6 Å². The van der Waals surface area contributed by atoms with Crippen LogP contribution in [0, 0.1) is 0 Å². The number of amides is 1. The Hall–Kier alpha value is -1.88. The van der Waals surface area contributed by atoms with E-state index in [-0.39, 0.29) is 24.3 Å².